The van der Waals surface area contributed by atoms with E-state index in [1.165, 1.54) is 18.4 Å². The van der Waals surface area contributed by atoms with Crippen LogP contribution in [0.4, 0.5) is 8.78 Å². The summed E-state index contributed by atoms with van der Waals surface area (Å²) in [6, 6.07) is 3.43. The molecule has 3 rings (SSSR count). The van der Waals surface area contributed by atoms with E-state index in [0.717, 1.165) is 51.1 Å². The molecule has 1 saturated heterocycles. The van der Waals surface area contributed by atoms with Crippen LogP contribution in [0.2, 0.25) is 0 Å². The molecular formula is C19H28F2N2O3S. The Morgan fingerprint density at radius 1 is 1.19 bits per heavy atom. The van der Waals surface area contributed by atoms with Crippen molar-refractivity contribution in [2.75, 3.05) is 19.4 Å². The lowest BCUT2D eigenvalue weighted by Gasteiger charge is -2.35. The second-order valence-electron chi connectivity index (χ2n) is 7.67. The molecule has 0 aromatic heterocycles. The average Bonchev–Trinajstić information content (AvgIpc) is 2.62. The zero-order valence-corrected chi connectivity index (χ0v) is 16.4. The molecule has 152 valence electrons. The highest BCUT2D eigenvalue weighted by atomic mass is 32.2. The summed E-state index contributed by atoms with van der Waals surface area (Å²) in [5.41, 5.74) is 0.458. The van der Waals surface area contributed by atoms with Crippen molar-refractivity contribution >= 4 is 10.0 Å². The van der Waals surface area contributed by atoms with E-state index in [1.807, 2.05) is 0 Å². The van der Waals surface area contributed by atoms with Gasteiger partial charge < -0.3 is 10.1 Å². The molecule has 2 fully saturated rings. The van der Waals surface area contributed by atoms with Crippen LogP contribution in [0.25, 0.3) is 0 Å². The van der Waals surface area contributed by atoms with E-state index in [-0.39, 0.29) is 29.9 Å². The minimum absolute atomic E-state index is 0.0213. The largest absolute Gasteiger partial charge is 0.377 e. The summed E-state index contributed by atoms with van der Waals surface area (Å²) in [7, 11) is -3.26. The van der Waals surface area contributed by atoms with Gasteiger partial charge in [0.2, 0.25) is 10.0 Å². The lowest BCUT2D eigenvalue weighted by atomic mass is 9.82. The minimum atomic E-state index is -3.26. The third-order valence-electron chi connectivity index (χ3n) is 5.53. The van der Waals surface area contributed by atoms with Crippen molar-refractivity contribution in [3.63, 3.8) is 0 Å². The van der Waals surface area contributed by atoms with E-state index in [0.29, 0.717) is 12.2 Å². The smallest absolute Gasteiger partial charge is 0.209 e. The first-order valence-electron chi connectivity index (χ1n) is 9.59. The number of rotatable bonds is 6. The van der Waals surface area contributed by atoms with Crippen molar-refractivity contribution in [3.8, 4) is 0 Å². The summed E-state index contributed by atoms with van der Waals surface area (Å²) in [4.78, 5) is 0. The van der Waals surface area contributed by atoms with Gasteiger partial charge in [-0.05, 0) is 74.8 Å². The first-order valence-corrected chi connectivity index (χ1v) is 11.5. The highest BCUT2D eigenvalue weighted by Crippen LogP contribution is 2.35. The van der Waals surface area contributed by atoms with E-state index >= 15 is 0 Å². The quantitative estimate of drug-likeness (QED) is 0.768. The molecule has 8 heteroatoms. The standard InChI is InChI=1S/C19H28F2N2O3S/c1-27(24,25)23-18-3-2-10-22-19(18)12-26-15-7-4-13(5-8-15)16-11-14(20)6-9-17(16)21/h6,9,11,13,15,18-19,22-23H,2-5,7-8,10,12H2,1H3/t13?,15?,18-,19-/m0/s1. The Morgan fingerprint density at radius 2 is 1.93 bits per heavy atom. The van der Waals surface area contributed by atoms with Crippen LogP contribution < -0.4 is 10.0 Å². The molecular weight excluding hydrogens is 374 g/mol. The molecule has 0 amide bonds. The Morgan fingerprint density at radius 3 is 2.63 bits per heavy atom. The van der Waals surface area contributed by atoms with Crippen molar-refractivity contribution in [1.29, 1.82) is 0 Å². The van der Waals surface area contributed by atoms with E-state index in [4.69, 9.17) is 4.74 Å². The summed E-state index contributed by atoms with van der Waals surface area (Å²) in [6.07, 6.45) is 6.05. The van der Waals surface area contributed by atoms with Gasteiger partial charge in [0, 0.05) is 12.1 Å². The van der Waals surface area contributed by atoms with Crippen molar-refractivity contribution in [2.45, 2.75) is 62.6 Å². The first-order chi connectivity index (χ1) is 12.8. The Hall–Kier alpha value is -1.09. The highest BCUT2D eigenvalue weighted by molar-refractivity contribution is 7.88. The number of sulfonamides is 1. The molecule has 2 atom stereocenters. The van der Waals surface area contributed by atoms with Crippen LogP contribution in [0, 0.1) is 11.6 Å². The molecule has 1 aliphatic heterocycles. The molecule has 0 radical (unpaired) electrons. The topological polar surface area (TPSA) is 67.4 Å². The fraction of sp³-hybridized carbons (Fsp3) is 0.684. The number of hydrogen-bond acceptors (Lipinski definition) is 4. The maximum Gasteiger partial charge on any atom is 0.209 e. The number of piperidine rings is 1. The predicted octanol–water partition coefficient (Wildman–Crippen LogP) is 2.68. The van der Waals surface area contributed by atoms with Gasteiger partial charge in [0.1, 0.15) is 11.6 Å². The van der Waals surface area contributed by atoms with Crippen LogP contribution in [0.1, 0.15) is 50.0 Å². The number of nitrogens with one attached hydrogen (secondary N) is 2. The number of halogens is 2. The molecule has 0 spiro atoms. The molecule has 1 aromatic carbocycles. The molecule has 2 N–H and O–H groups in total. The van der Waals surface area contributed by atoms with Crippen LogP contribution in [-0.4, -0.2) is 46.0 Å². The molecule has 1 aromatic rings. The monoisotopic (exact) mass is 402 g/mol. The molecule has 1 heterocycles. The van der Waals surface area contributed by atoms with Crippen LogP contribution in [0.15, 0.2) is 18.2 Å². The normalized spacial score (nSPS) is 29.6. The molecule has 1 saturated carbocycles. The summed E-state index contributed by atoms with van der Waals surface area (Å²) in [6.45, 7) is 1.29. The third kappa shape index (κ3) is 5.94. The highest BCUT2D eigenvalue weighted by Gasteiger charge is 2.30. The van der Waals surface area contributed by atoms with Crippen LogP contribution in [0.3, 0.4) is 0 Å². The molecule has 2 aliphatic rings. The first kappa shape index (κ1) is 20.6. The van der Waals surface area contributed by atoms with Gasteiger partial charge in [-0.2, -0.15) is 0 Å². The molecule has 1 aliphatic carbocycles. The molecule has 27 heavy (non-hydrogen) atoms. The Balaban J connectivity index is 1.49. The van der Waals surface area contributed by atoms with Crippen LogP contribution in [0.5, 0.6) is 0 Å². The third-order valence-corrected chi connectivity index (χ3v) is 6.26. The second kappa shape index (κ2) is 8.94. The Bertz CT molecular complexity index is 736. The van der Waals surface area contributed by atoms with Gasteiger partial charge in [0.05, 0.1) is 19.0 Å². The van der Waals surface area contributed by atoms with Gasteiger partial charge in [-0.3, -0.25) is 0 Å². The molecule has 0 bridgehead atoms. The fourth-order valence-electron chi connectivity index (χ4n) is 4.15. The number of benzene rings is 1. The van der Waals surface area contributed by atoms with Crippen LogP contribution in [-0.2, 0) is 14.8 Å². The average molecular weight is 403 g/mol. The Kier molecular flexibility index (Phi) is 6.83. The molecule has 5 nitrogen and oxygen atoms in total. The zero-order valence-electron chi connectivity index (χ0n) is 15.6. The predicted molar refractivity (Wildman–Crippen MR) is 100 cm³/mol. The Labute approximate surface area is 159 Å². The van der Waals surface area contributed by atoms with Gasteiger partial charge in [0.15, 0.2) is 0 Å². The number of ether oxygens (including phenoxy) is 1. The SMILES string of the molecule is CS(=O)(=O)N[C@H]1CCCN[C@H]1COC1CCC(c2cc(F)ccc2F)CC1. The lowest BCUT2D eigenvalue weighted by molar-refractivity contribution is 0.00506. The van der Waals surface area contributed by atoms with Crippen molar-refractivity contribution in [2.24, 2.45) is 0 Å². The summed E-state index contributed by atoms with van der Waals surface area (Å²) < 4.78 is 59.2. The lowest BCUT2D eigenvalue weighted by Crippen LogP contribution is -2.55. The van der Waals surface area contributed by atoms with Crippen molar-refractivity contribution in [3.05, 3.63) is 35.4 Å². The van der Waals surface area contributed by atoms with Gasteiger partial charge in [0.25, 0.3) is 0 Å². The maximum absolute atomic E-state index is 14.0. The minimum Gasteiger partial charge on any atom is -0.377 e. The van der Waals surface area contributed by atoms with Gasteiger partial charge in [-0.1, -0.05) is 0 Å². The van der Waals surface area contributed by atoms with E-state index in [2.05, 4.69) is 10.0 Å². The molecule has 0 unspecified atom stereocenters. The summed E-state index contributed by atoms with van der Waals surface area (Å²) >= 11 is 0. The maximum atomic E-state index is 14.0. The van der Waals surface area contributed by atoms with Crippen LogP contribution >= 0.6 is 0 Å². The van der Waals surface area contributed by atoms with Gasteiger partial charge in [-0.25, -0.2) is 21.9 Å². The zero-order chi connectivity index (χ0) is 19.4. The van der Waals surface area contributed by atoms with E-state index in [9.17, 15) is 17.2 Å². The number of hydrogen-bond donors (Lipinski definition) is 2. The van der Waals surface area contributed by atoms with E-state index in [1.54, 1.807) is 0 Å². The van der Waals surface area contributed by atoms with Crippen molar-refractivity contribution < 1.29 is 21.9 Å². The summed E-state index contributed by atoms with van der Waals surface area (Å²) in [5, 5.41) is 3.34. The van der Waals surface area contributed by atoms with Gasteiger partial charge >= 0.3 is 0 Å². The van der Waals surface area contributed by atoms with Gasteiger partial charge in [-0.15, -0.1) is 0 Å². The summed E-state index contributed by atoms with van der Waals surface area (Å²) in [5.74, 6) is -0.729. The second-order valence-corrected chi connectivity index (χ2v) is 9.45. The van der Waals surface area contributed by atoms with Crippen molar-refractivity contribution in [1.82, 2.24) is 10.0 Å². The van der Waals surface area contributed by atoms with E-state index < -0.39 is 15.8 Å². The fourth-order valence-corrected chi connectivity index (χ4v) is 4.98.